The lowest BCUT2D eigenvalue weighted by Crippen LogP contribution is -1.97. The molecule has 3 N–H and O–H groups in total. The third kappa shape index (κ3) is 2.11. The molecule has 0 aliphatic carbocycles. The summed E-state index contributed by atoms with van der Waals surface area (Å²) in [6.45, 7) is 0. The standard InChI is InChI=1S/C18H16N4O2/c1-23-15-7-10-14(8-16(15)24-2)20-9-11(17(10)19)18-21-12-5-3-4-6-13(12)22-18/h3-9H,1-2H3,(H2,19,20)(H,21,22). The molecular formula is C18H16N4O2. The van der Waals surface area contributed by atoms with Crippen LogP contribution >= 0.6 is 0 Å². The molecule has 24 heavy (non-hydrogen) atoms. The molecule has 0 spiro atoms. The Kier molecular flexibility index (Phi) is 3.23. The average molecular weight is 320 g/mol. The molecule has 0 radical (unpaired) electrons. The van der Waals surface area contributed by atoms with Crippen molar-refractivity contribution in [3.8, 4) is 22.9 Å². The molecule has 120 valence electrons. The summed E-state index contributed by atoms with van der Waals surface area (Å²) in [5, 5.41) is 0.797. The van der Waals surface area contributed by atoms with Gasteiger partial charge in [0.25, 0.3) is 0 Å². The number of nitrogens with two attached hydrogens (primary N) is 1. The number of pyridine rings is 1. The fourth-order valence-corrected chi connectivity index (χ4v) is 2.81. The number of fused-ring (bicyclic) bond motifs is 2. The first kappa shape index (κ1) is 14.3. The number of aromatic nitrogens is 3. The molecule has 6 heteroatoms. The van der Waals surface area contributed by atoms with E-state index in [1.807, 2.05) is 36.4 Å². The van der Waals surface area contributed by atoms with Gasteiger partial charge in [-0.1, -0.05) is 12.1 Å². The predicted molar refractivity (Wildman–Crippen MR) is 94.3 cm³/mol. The number of aromatic amines is 1. The van der Waals surface area contributed by atoms with Crippen LogP contribution < -0.4 is 15.2 Å². The van der Waals surface area contributed by atoms with Gasteiger partial charge >= 0.3 is 0 Å². The number of nitrogens with zero attached hydrogens (tertiary/aromatic N) is 2. The molecule has 2 aromatic heterocycles. The first-order valence-corrected chi connectivity index (χ1v) is 7.46. The Hall–Kier alpha value is -3.28. The molecule has 0 fully saturated rings. The van der Waals surface area contributed by atoms with Crippen LogP contribution in [0.3, 0.4) is 0 Å². The highest BCUT2D eigenvalue weighted by Gasteiger charge is 2.14. The highest BCUT2D eigenvalue weighted by atomic mass is 16.5. The van der Waals surface area contributed by atoms with Crippen LogP contribution in [0.25, 0.3) is 33.3 Å². The lowest BCUT2D eigenvalue weighted by molar-refractivity contribution is 0.356. The number of rotatable bonds is 3. The van der Waals surface area contributed by atoms with E-state index >= 15 is 0 Å². The van der Waals surface area contributed by atoms with E-state index in [4.69, 9.17) is 15.2 Å². The Morgan fingerprint density at radius 2 is 1.75 bits per heavy atom. The van der Waals surface area contributed by atoms with E-state index in [1.54, 1.807) is 20.4 Å². The van der Waals surface area contributed by atoms with Crippen LogP contribution in [0.2, 0.25) is 0 Å². The first-order chi connectivity index (χ1) is 11.7. The topological polar surface area (TPSA) is 86.1 Å². The number of para-hydroxylation sites is 2. The Morgan fingerprint density at radius 3 is 2.50 bits per heavy atom. The maximum absolute atomic E-state index is 6.39. The fraction of sp³-hybridized carbons (Fsp3) is 0.111. The van der Waals surface area contributed by atoms with Crippen molar-refractivity contribution >= 4 is 27.6 Å². The quantitative estimate of drug-likeness (QED) is 0.604. The Morgan fingerprint density at radius 1 is 1.00 bits per heavy atom. The summed E-state index contributed by atoms with van der Waals surface area (Å²) in [5.41, 5.74) is 10.3. The predicted octanol–water partition coefficient (Wildman–Crippen LogP) is 3.38. The molecule has 0 atom stereocenters. The highest BCUT2D eigenvalue weighted by molar-refractivity contribution is 5.99. The first-order valence-electron chi connectivity index (χ1n) is 7.46. The summed E-state index contributed by atoms with van der Waals surface area (Å²) >= 11 is 0. The van der Waals surface area contributed by atoms with Crippen molar-refractivity contribution in [2.75, 3.05) is 20.0 Å². The zero-order valence-electron chi connectivity index (χ0n) is 13.3. The molecule has 6 nitrogen and oxygen atoms in total. The van der Waals surface area contributed by atoms with Crippen LogP contribution in [-0.4, -0.2) is 29.2 Å². The minimum absolute atomic E-state index is 0.597. The molecular weight excluding hydrogens is 304 g/mol. The van der Waals surface area contributed by atoms with Crippen LogP contribution in [0.5, 0.6) is 11.5 Å². The van der Waals surface area contributed by atoms with Crippen LogP contribution in [0.4, 0.5) is 5.69 Å². The van der Waals surface area contributed by atoms with Crippen LogP contribution in [0, 0.1) is 0 Å². The third-order valence-electron chi connectivity index (χ3n) is 4.06. The van der Waals surface area contributed by atoms with E-state index < -0.39 is 0 Å². The summed E-state index contributed by atoms with van der Waals surface area (Å²) in [4.78, 5) is 12.4. The molecule has 0 saturated heterocycles. The lowest BCUT2D eigenvalue weighted by atomic mass is 10.1. The number of hydrogen-bond acceptors (Lipinski definition) is 5. The van der Waals surface area contributed by atoms with Crippen molar-refractivity contribution in [1.29, 1.82) is 0 Å². The van der Waals surface area contributed by atoms with Crippen molar-refractivity contribution in [2.45, 2.75) is 0 Å². The minimum atomic E-state index is 0.597. The van der Waals surface area contributed by atoms with Crippen LogP contribution in [0.15, 0.2) is 42.6 Å². The number of hydrogen-bond donors (Lipinski definition) is 2. The van der Waals surface area contributed by atoms with Crippen LogP contribution in [0.1, 0.15) is 0 Å². The van der Waals surface area contributed by atoms with E-state index in [2.05, 4.69) is 15.0 Å². The van der Waals surface area contributed by atoms with Crippen molar-refractivity contribution in [3.05, 3.63) is 42.6 Å². The van der Waals surface area contributed by atoms with E-state index in [0.717, 1.165) is 27.5 Å². The monoisotopic (exact) mass is 320 g/mol. The zero-order valence-corrected chi connectivity index (χ0v) is 13.3. The van der Waals surface area contributed by atoms with Crippen LogP contribution in [-0.2, 0) is 0 Å². The average Bonchev–Trinajstić information content (AvgIpc) is 3.04. The second-order valence-electron chi connectivity index (χ2n) is 5.41. The van der Waals surface area contributed by atoms with Gasteiger partial charge in [0.1, 0.15) is 5.82 Å². The van der Waals surface area contributed by atoms with Gasteiger partial charge in [-0.2, -0.15) is 0 Å². The fourth-order valence-electron chi connectivity index (χ4n) is 2.81. The Bertz CT molecular complexity index is 1020. The number of methoxy groups -OCH3 is 2. The number of imidazole rings is 1. The molecule has 0 aliphatic heterocycles. The third-order valence-corrected chi connectivity index (χ3v) is 4.06. The molecule has 0 unspecified atom stereocenters. The smallest absolute Gasteiger partial charge is 0.162 e. The van der Waals surface area contributed by atoms with E-state index in [0.29, 0.717) is 23.0 Å². The largest absolute Gasteiger partial charge is 0.493 e. The van der Waals surface area contributed by atoms with Gasteiger partial charge in [0.05, 0.1) is 42.0 Å². The van der Waals surface area contributed by atoms with Gasteiger partial charge in [-0.25, -0.2) is 4.98 Å². The molecule has 0 bridgehead atoms. The number of anilines is 1. The Balaban J connectivity index is 1.94. The van der Waals surface area contributed by atoms with Gasteiger partial charge in [-0.15, -0.1) is 0 Å². The maximum atomic E-state index is 6.39. The number of nitrogen functional groups attached to an aromatic ring is 1. The van der Waals surface area contributed by atoms with E-state index in [-0.39, 0.29) is 0 Å². The molecule has 0 amide bonds. The number of ether oxygens (including phenoxy) is 2. The minimum Gasteiger partial charge on any atom is -0.493 e. The molecule has 4 rings (SSSR count). The van der Waals surface area contributed by atoms with E-state index in [9.17, 15) is 0 Å². The van der Waals surface area contributed by atoms with Gasteiger partial charge in [-0.3, -0.25) is 4.98 Å². The van der Waals surface area contributed by atoms with Gasteiger partial charge in [-0.05, 0) is 18.2 Å². The second-order valence-corrected chi connectivity index (χ2v) is 5.41. The molecule has 4 aromatic rings. The SMILES string of the molecule is COc1cc2ncc(-c3nc4ccccc4[nH]3)c(N)c2cc1OC. The van der Waals surface area contributed by atoms with Crippen molar-refractivity contribution in [1.82, 2.24) is 15.0 Å². The molecule has 2 aromatic carbocycles. The normalized spacial score (nSPS) is 11.1. The van der Waals surface area contributed by atoms with Gasteiger partial charge in [0.2, 0.25) is 0 Å². The highest BCUT2D eigenvalue weighted by Crippen LogP contribution is 2.37. The number of nitrogens with one attached hydrogen (secondary N) is 1. The summed E-state index contributed by atoms with van der Waals surface area (Å²) in [6.07, 6.45) is 1.72. The zero-order chi connectivity index (χ0) is 16.7. The lowest BCUT2D eigenvalue weighted by Gasteiger charge is -2.11. The molecule has 0 aliphatic rings. The number of benzene rings is 2. The van der Waals surface area contributed by atoms with Gasteiger partial charge in [0.15, 0.2) is 11.5 Å². The van der Waals surface area contributed by atoms with Gasteiger partial charge in [0, 0.05) is 17.6 Å². The van der Waals surface area contributed by atoms with Gasteiger partial charge < -0.3 is 20.2 Å². The van der Waals surface area contributed by atoms with Crippen molar-refractivity contribution in [3.63, 3.8) is 0 Å². The molecule has 0 saturated carbocycles. The molecule has 2 heterocycles. The van der Waals surface area contributed by atoms with E-state index in [1.165, 1.54) is 0 Å². The number of H-pyrrole nitrogens is 1. The Labute approximate surface area is 138 Å². The summed E-state index contributed by atoms with van der Waals surface area (Å²) in [5.74, 6) is 1.92. The summed E-state index contributed by atoms with van der Waals surface area (Å²) in [7, 11) is 3.19. The maximum Gasteiger partial charge on any atom is 0.162 e. The van der Waals surface area contributed by atoms with Crippen molar-refractivity contribution < 1.29 is 9.47 Å². The second kappa shape index (κ2) is 5.42. The van der Waals surface area contributed by atoms with Crippen molar-refractivity contribution in [2.24, 2.45) is 0 Å². The summed E-state index contributed by atoms with van der Waals surface area (Å²) in [6, 6.07) is 11.5. The summed E-state index contributed by atoms with van der Waals surface area (Å²) < 4.78 is 10.7.